The molecule has 0 spiro atoms. The van der Waals surface area contributed by atoms with Crippen LogP contribution in [-0.2, 0) is 0 Å². The molecule has 1 unspecified atom stereocenters. The maximum absolute atomic E-state index is 12.3. The molecule has 1 fully saturated rings. The molecule has 0 aromatic carbocycles. The second-order valence-corrected chi connectivity index (χ2v) is 5.90. The van der Waals surface area contributed by atoms with Crippen LogP contribution in [0.3, 0.4) is 0 Å². The van der Waals surface area contributed by atoms with Crippen molar-refractivity contribution in [3.05, 3.63) is 34.7 Å². The zero-order valence-corrected chi connectivity index (χ0v) is 12.2. The van der Waals surface area contributed by atoms with Gasteiger partial charge in [-0.3, -0.25) is 4.79 Å². The summed E-state index contributed by atoms with van der Waals surface area (Å²) < 4.78 is 5.16. The van der Waals surface area contributed by atoms with Gasteiger partial charge >= 0.3 is 0 Å². The van der Waals surface area contributed by atoms with E-state index in [9.17, 15) is 4.79 Å². The number of thiazole rings is 1. The number of carbonyl (C=O) groups excluding carboxylic acids is 1. The summed E-state index contributed by atoms with van der Waals surface area (Å²) >= 11 is 1.31. The van der Waals surface area contributed by atoms with Crippen LogP contribution >= 0.6 is 11.3 Å². The van der Waals surface area contributed by atoms with Gasteiger partial charge in [-0.25, -0.2) is 4.98 Å². The molecule has 2 aromatic rings. The lowest BCUT2D eigenvalue weighted by Gasteiger charge is -2.08. The van der Waals surface area contributed by atoms with Gasteiger partial charge in [0.1, 0.15) is 10.6 Å². The highest BCUT2D eigenvalue weighted by atomic mass is 32.1. The molecule has 3 rings (SSSR count). The van der Waals surface area contributed by atoms with Gasteiger partial charge in [0.05, 0.1) is 18.0 Å². The second-order valence-electron chi connectivity index (χ2n) is 4.90. The lowest BCUT2D eigenvalue weighted by Crippen LogP contribution is -2.27. The van der Waals surface area contributed by atoms with Crippen molar-refractivity contribution in [2.75, 3.05) is 5.32 Å². The third kappa shape index (κ3) is 3.06. The Bertz CT molecular complexity index is 682. The van der Waals surface area contributed by atoms with E-state index in [1.807, 2.05) is 6.07 Å². The number of furan rings is 1. The Labute approximate surface area is 125 Å². The van der Waals surface area contributed by atoms with Crippen LogP contribution in [0.25, 0.3) is 0 Å². The zero-order chi connectivity index (χ0) is 14.8. The van der Waals surface area contributed by atoms with E-state index >= 15 is 0 Å². The molecular formula is C14H14N4O2S. The molecule has 2 heterocycles. The SMILES string of the molecule is Cc1nc(NC2CC2)sc1C(=O)NC(C#N)c1ccco1. The van der Waals surface area contributed by atoms with E-state index in [-0.39, 0.29) is 5.91 Å². The average molecular weight is 302 g/mol. The summed E-state index contributed by atoms with van der Waals surface area (Å²) in [6, 6.07) is 5.05. The highest BCUT2D eigenvalue weighted by molar-refractivity contribution is 7.17. The number of hydrogen-bond acceptors (Lipinski definition) is 6. The average Bonchev–Trinajstić information content (AvgIpc) is 2.98. The van der Waals surface area contributed by atoms with Crippen LogP contribution < -0.4 is 10.6 Å². The van der Waals surface area contributed by atoms with Crippen molar-refractivity contribution in [3.63, 3.8) is 0 Å². The van der Waals surface area contributed by atoms with Crippen LogP contribution in [0.15, 0.2) is 22.8 Å². The normalized spacial score (nSPS) is 15.2. The zero-order valence-electron chi connectivity index (χ0n) is 11.4. The molecule has 0 radical (unpaired) electrons. The van der Waals surface area contributed by atoms with Gasteiger partial charge in [-0.2, -0.15) is 5.26 Å². The smallest absolute Gasteiger partial charge is 0.264 e. The van der Waals surface area contributed by atoms with Crippen molar-refractivity contribution < 1.29 is 9.21 Å². The first-order chi connectivity index (χ1) is 10.2. The lowest BCUT2D eigenvalue weighted by atomic mass is 10.2. The van der Waals surface area contributed by atoms with Crippen molar-refractivity contribution in [2.24, 2.45) is 0 Å². The topological polar surface area (TPSA) is 91.0 Å². The molecule has 21 heavy (non-hydrogen) atoms. The lowest BCUT2D eigenvalue weighted by molar-refractivity contribution is 0.0945. The van der Waals surface area contributed by atoms with Crippen LogP contribution in [0.4, 0.5) is 5.13 Å². The van der Waals surface area contributed by atoms with E-state index in [1.165, 1.54) is 17.6 Å². The first kappa shape index (κ1) is 13.6. The molecule has 1 aliphatic rings. The Balaban J connectivity index is 1.72. The predicted octanol–water partition coefficient (Wildman–Crippen LogP) is 2.61. The van der Waals surface area contributed by atoms with Crippen LogP contribution in [0.5, 0.6) is 0 Å². The molecule has 1 aliphatic carbocycles. The molecule has 108 valence electrons. The molecular weight excluding hydrogens is 288 g/mol. The summed E-state index contributed by atoms with van der Waals surface area (Å²) in [6.07, 6.45) is 3.77. The minimum Gasteiger partial charge on any atom is -0.466 e. The minimum atomic E-state index is -0.797. The Morgan fingerprint density at radius 2 is 2.43 bits per heavy atom. The number of rotatable bonds is 5. The van der Waals surface area contributed by atoms with E-state index in [2.05, 4.69) is 15.6 Å². The Morgan fingerprint density at radius 3 is 3.05 bits per heavy atom. The third-order valence-corrected chi connectivity index (χ3v) is 4.23. The number of amides is 1. The third-order valence-electron chi connectivity index (χ3n) is 3.14. The van der Waals surface area contributed by atoms with Gasteiger partial charge in [-0.1, -0.05) is 11.3 Å². The fourth-order valence-electron chi connectivity index (χ4n) is 1.89. The largest absolute Gasteiger partial charge is 0.466 e. The van der Waals surface area contributed by atoms with Crippen LogP contribution in [-0.4, -0.2) is 16.9 Å². The number of nitriles is 1. The summed E-state index contributed by atoms with van der Waals surface area (Å²) in [6.45, 7) is 1.79. The predicted molar refractivity (Wildman–Crippen MR) is 78.0 cm³/mol. The number of carbonyl (C=O) groups is 1. The summed E-state index contributed by atoms with van der Waals surface area (Å²) in [5, 5.41) is 15.8. The summed E-state index contributed by atoms with van der Waals surface area (Å²) in [7, 11) is 0. The van der Waals surface area contributed by atoms with Gasteiger partial charge in [0.15, 0.2) is 11.2 Å². The van der Waals surface area contributed by atoms with E-state index in [0.717, 1.165) is 18.0 Å². The Kier molecular flexibility index (Phi) is 3.62. The quantitative estimate of drug-likeness (QED) is 0.886. The van der Waals surface area contributed by atoms with E-state index < -0.39 is 6.04 Å². The molecule has 2 N–H and O–H groups in total. The highest BCUT2D eigenvalue weighted by Crippen LogP contribution is 2.29. The minimum absolute atomic E-state index is 0.309. The number of nitrogens with one attached hydrogen (secondary N) is 2. The molecule has 0 aliphatic heterocycles. The van der Waals surface area contributed by atoms with Gasteiger partial charge in [0, 0.05) is 6.04 Å². The first-order valence-electron chi connectivity index (χ1n) is 6.65. The van der Waals surface area contributed by atoms with Gasteiger partial charge in [0.2, 0.25) is 0 Å². The number of hydrogen-bond donors (Lipinski definition) is 2. The molecule has 6 nitrogen and oxygen atoms in total. The van der Waals surface area contributed by atoms with Gasteiger partial charge in [-0.15, -0.1) is 0 Å². The van der Waals surface area contributed by atoms with E-state index in [1.54, 1.807) is 19.1 Å². The van der Waals surface area contributed by atoms with Crippen LogP contribution in [0.2, 0.25) is 0 Å². The molecule has 1 amide bonds. The van der Waals surface area contributed by atoms with Crippen molar-refractivity contribution in [3.8, 4) is 6.07 Å². The van der Waals surface area contributed by atoms with Crippen LogP contribution in [0.1, 0.15) is 40.0 Å². The maximum atomic E-state index is 12.3. The second kappa shape index (κ2) is 5.58. The summed E-state index contributed by atoms with van der Waals surface area (Å²) in [5.41, 5.74) is 0.664. The number of aryl methyl sites for hydroxylation is 1. The van der Waals surface area contributed by atoms with E-state index in [0.29, 0.717) is 22.4 Å². The van der Waals surface area contributed by atoms with Crippen LogP contribution in [0, 0.1) is 18.3 Å². The molecule has 0 bridgehead atoms. The first-order valence-corrected chi connectivity index (χ1v) is 7.47. The monoisotopic (exact) mass is 302 g/mol. The summed E-state index contributed by atoms with van der Waals surface area (Å²) in [5.74, 6) is 0.112. The van der Waals surface area contributed by atoms with E-state index in [4.69, 9.17) is 9.68 Å². The van der Waals surface area contributed by atoms with Crippen molar-refractivity contribution in [2.45, 2.75) is 31.8 Å². The van der Waals surface area contributed by atoms with Crippen molar-refractivity contribution in [1.29, 1.82) is 5.26 Å². The Morgan fingerprint density at radius 1 is 1.62 bits per heavy atom. The highest BCUT2D eigenvalue weighted by Gasteiger charge is 2.25. The molecule has 0 saturated heterocycles. The molecule has 2 aromatic heterocycles. The molecule has 1 saturated carbocycles. The number of anilines is 1. The van der Waals surface area contributed by atoms with Gasteiger partial charge in [0.25, 0.3) is 5.91 Å². The van der Waals surface area contributed by atoms with Crippen molar-refractivity contribution in [1.82, 2.24) is 10.3 Å². The van der Waals surface area contributed by atoms with Gasteiger partial charge in [-0.05, 0) is 31.9 Å². The fraction of sp³-hybridized carbons (Fsp3) is 0.357. The summed E-state index contributed by atoms with van der Waals surface area (Å²) in [4.78, 5) is 17.1. The fourth-order valence-corrected chi connectivity index (χ4v) is 2.84. The maximum Gasteiger partial charge on any atom is 0.264 e. The number of nitrogens with zero attached hydrogens (tertiary/aromatic N) is 2. The molecule has 7 heteroatoms. The van der Waals surface area contributed by atoms with Gasteiger partial charge < -0.3 is 15.1 Å². The molecule has 1 atom stereocenters. The Hall–Kier alpha value is -2.33. The standard InChI is InChI=1S/C14H14N4O2S/c1-8-12(21-14(16-8)17-9-4-5-9)13(19)18-10(7-15)11-3-2-6-20-11/h2-3,6,9-10H,4-5H2,1H3,(H,16,17)(H,18,19). The number of aromatic nitrogens is 1. The van der Waals surface area contributed by atoms with Crippen molar-refractivity contribution >= 4 is 22.4 Å².